The summed E-state index contributed by atoms with van der Waals surface area (Å²) in [6, 6.07) is 12.5. The smallest absolute Gasteiger partial charge is 0.263 e. The summed E-state index contributed by atoms with van der Waals surface area (Å²) in [7, 11) is -2.00. The lowest BCUT2D eigenvalue weighted by Crippen LogP contribution is -2.43. The minimum Gasteiger partial charge on any atom is -0.282 e. The number of allylic oxidation sites excluding steroid dienone is 2. The first kappa shape index (κ1) is 23.1. The third-order valence-electron chi connectivity index (χ3n) is 5.56. The van der Waals surface area contributed by atoms with Crippen LogP contribution in [0.25, 0.3) is 10.9 Å². The van der Waals surface area contributed by atoms with E-state index in [9.17, 15) is 8.42 Å². The van der Waals surface area contributed by atoms with Gasteiger partial charge in [-0.3, -0.25) is 14.7 Å². The zero-order valence-electron chi connectivity index (χ0n) is 19.3. The van der Waals surface area contributed by atoms with Gasteiger partial charge in [0.1, 0.15) is 5.82 Å². The number of benzene rings is 2. The van der Waals surface area contributed by atoms with Gasteiger partial charge in [-0.25, -0.2) is 13.4 Å². The summed E-state index contributed by atoms with van der Waals surface area (Å²) in [4.78, 5) is 4.61. The summed E-state index contributed by atoms with van der Waals surface area (Å²) in [5.74, 6) is 0.352. The highest BCUT2D eigenvalue weighted by atomic mass is 35.5. The van der Waals surface area contributed by atoms with Gasteiger partial charge in [0, 0.05) is 13.2 Å². The average molecular weight is 483 g/mol. The molecule has 0 atom stereocenters. The zero-order chi connectivity index (χ0) is 24.1. The zero-order valence-corrected chi connectivity index (χ0v) is 20.9. The van der Waals surface area contributed by atoms with E-state index in [2.05, 4.69) is 37.1 Å². The molecule has 0 aliphatic carbocycles. The third kappa shape index (κ3) is 4.18. The standard InChI is InChI=1S/C25H27ClN4O2S/c1-16(2)15-22(28-33(31,32)18-9-7-17(8-10-18)25(3,4)5)30-21-12-11-19(26)24-23(21)20(29(30)6)13-14-27-24/h7-15,28H,1H2,2-6H3/b22-15-. The van der Waals surface area contributed by atoms with Crippen molar-refractivity contribution in [3.63, 3.8) is 0 Å². The normalized spacial score (nSPS) is 14.2. The lowest BCUT2D eigenvalue weighted by molar-refractivity contribution is 0.582. The van der Waals surface area contributed by atoms with Crippen LogP contribution in [0.1, 0.15) is 33.3 Å². The second-order valence-electron chi connectivity index (χ2n) is 9.21. The number of halogens is 1. The van der Waals surface area contributed by atoms with Crippen LogP contribution in [0.4, 0.5) is 11.4 Å². The lowest BCUT2D eigenvalue weighted by atomic mass is 9.87. The van der Waals surface area contributed by atoms with Gasteiger partial charge in [-0.2, -0.15) is 0 Å². The molecule has 2 heterocycles. The Balaban J connectivity index is 1.77. The van der Waals surface area contributed by atoms with Crippen LogP contribution in [-0.2, 0) is 15.4 Å². The number of anilines is 2. The quantitative estimate of drug-likeness (QED) is 0.469. The van der Waals surface area contributed by atoms with Crippen LogP contribution in [0.5, 0.6) is 0 Å². The molecule has 0 amide bonds. The highest BCUT2D eigenvalue weighted by Crippen LogP contribution is 2.45. The molecule has 33 heavy (non-hydrogen) atoms. The SMILES string of the molecule is C=C(C)/C=C(/NS(=O)(=O)c1ccc(C(C)(C)C)cc1)N1c2ccc(Cl)c3nccc(c23)N1C. The van der Waals surface area contributed by atoms with E-state index in [1.54, 1.807) is 35.5 Å². The van der Waals surface area contributed by atoms with Crippen molar-refractivity contribution < 1.29 is 8.42 Å². The molecule has 1 aromatic heterocycles. The van der Waals surface area contributed by atoms with Gasteiger partial charge in [-0.1, -0.05) is 56.7 Å². The van der Waals surface area contributed by atoms with Crippen molar-refractivity contribution in [2.75, 3.05) is 17.1 Å². The van der Waals surface area contributed by atoms with Crippen molar-refractivity contribution in [2.45, 2.75) is 38.0 Å². The monoisotopic (exact) mass is 482 g/mol. The van der Waals surface area contributed by atoms with Gasteiger partial charge in [-0.15, -0.1) is 0 Å². The van der Waals surface area contributed by atoms with Crippen molar-refractivity contribution in [2.24, 2.45) is 0 Å². The molecule has 0 spiro atoms. The van der Waals surface area contributed by atoms with E-state index in [1.165, 1.54) is 0 Å². The van der Waals surface area contributed by atoms with E-state index in [-0.39, 0.29) is 10.3 Å². The Bertz CT molecular complexity index is 1390. The van der Waals surface area contributed by atoms with Crippen LogP contribution in [-0.4, -0.2) is 20.4 Å². The fraction of sp³-hybridized carbons (Fsp3) is 0.240. The van der Waals surface area contributed by atoms with E-state index in [4.69, 9.17) is 11.6 Å². The third-order valence-corrected chi connectivity index (χ3v) is 7.23. The largest absolute Gasteiger partial charge is 0.282 e. The van der Waals surface area contributed by atoms with Gasteiger partial charge in [0.25, 0.3) is 10.0 Å². The number of hydrogen-bond acceptors (Lipinski definition) is 5. The van der Waals surface area contributed by atoms with Crippen molar-refractivity contribution >= 4 is 43.9 Å². The Labute approximate surface area is 200 Å². The van der Waals surface area contributed by atoms with Gasteiger partial charge in [0.15, 0.2) is 0 Å². The Morgan fingerprint density at radius 3 is 2.36 bits per heavy atom. The fourth-order valence-electron chi connectivity index (χ4n) is 3.90. The predicted molar refractivity (Wildman–Crippen MR) is 136 cm³/mol. The molecule has 2 aromatic carbocycles. The molecule has 4 rings (SSSR count). The first-order chi connectivity index (χ1) is 15.4. The minimum atomic E-state index is -3.86. The second kappa shape index (κ2) is 8.08. The number of pyridine rings is 1. The Kier molecular flexibility index (Phi) is 5.66. The molecule has 0 bridgehead atoms. The molecule has 6 nitrogen and oxygen atoms in total. The van der Waals surface area contributed by atoms with Crippen molar-refractivity contribution in [1.82, 2.24) is 9.71 Å². The van der Waals surface area contributed by atoms with Crippen molar-refractivity contribution in [3.05, 3.63) is 83.3 Å². The maximum Gasteiger partial charge on any atom is 0.263 e. The van der Waals surface area contributed by atoms with Gasteiger partial charge < -0.3 is 0 Å². The van der Waals surface area contributed by atoms with E-state index < -0.39 is 10.0 Å². The molecule has 0 saturated heterocycles. The predicted octanol–water partition coefficient (Wildman–Crippen LogP) is 5.75. The maximum absolute atomic E-state index is 13.4. The van der Waals surface area contributed by atoms with Crippen molar-refractivity contribution in [1.29, 1.82) is 0 Å². The molecule has 0 saturated carbocycles. The van der Waals surface area contributed by atoms with Crippen LogP contribution < -0.4 is 14.7 Å². The molecule has 0 radical (unpaired) electrons. The number of aromatic nitrogens is 1. The summed E-state index contributed by atoms with van der Waals surface area (Å²) < 4.78 is 29.5. The number of rotatable bonds is 5. The van der Waals surface area contributed by atoms with Gasteiger partial charge in [-0.05, 0) is 54.3 Å². The van der Waals surface area contributed by atoms with Crippen LogP contribution >= 0.6 is 11.6 Å². The van der Waals surface area contributed by atoms with Crippen LogP contribution in [0.2, 0.25) is 5.02 Å². The summed E-state index contributed by atoms with van der Waals surface area (Å²) in [5.41, 5.74) is 4.00. The second-order valence-corrected chi connectivity index (χ2v) is 11.3. The summed E-state index contributed by atoms with van der Waals surface area (Å²) in [6.45, 7) is 12.0. The molecule has 172 valence electrons. The molecular weight excluding hydrogens is 456 g/mol. The van der Waals surface area contributed by atoms with E-state index in [0.717, 1.165) is 22.3 Å². The van der Waals surface area contributed by atoms with Gasteiger partial charge in [0.05, 0.1) is 32.2 Å². The lowest BCUT2D eigenvalue weighted by Gasteiger charge is -2.31. The molecule has 1 N–H and O–H groups in total. The number of sulfonamides is 1. The Hall–Kier alpha value is -3.03. The highest BCUT2D eigenvalue weighted by molar-refractivity contribution is 7.89. The molecule has 3 aromatic rings. The van der Waals surface area contributed by atoms with Gasteiger partial charge >= 0.3 is 0 Å². The Morgan fingerprint density at radius 2 is 1.76 bits per heavy atom. The van der Waals surface area contributed by atoms with E-state index in [0.29, 0.717) is 21.9 Å². The number of nitrogens with zero attached hydrogens (tertiary/aromatic N) is 3. The topological polar surface area (TPSA) is 65.5 Å². The summed E-state index contributed by atoms with van der Waals surface area (Å²) in [6.07, 6.45) is 3.40. The van der Waals surface area contributed by atoms with E-state index in [1.807, 2.05) is 43.2 Å². The first-order valence-electron chi connectivity index (χ1n) is 10.5. The highest BCUT2D eigenvalue weighted by Gasteiger charge is 2.32. The first-order valence-corrected chi connectivity index (χ1v) is 12.4. The van der Waals surface area contributed by atoms with Crippen molar-refractivity contribution in [3.8, 4) is 0 Å². The molecule has 0 unspecified atom stereocenters. The molecule has 0 fully saturated rings. The van der Waals surface area contributed by atoms with Crippen LogP contribution in [0.3, 0.4) is 0 Å². The van der Waals surface area contributed by atoms with Gasteiger partial charge in [0.2, 0.25) is 0 Å². The number of nitrogens with one attached hydrogen (secondary N) is 1. The maximum atomic E-state index is 13.4. The Morgan fingerprint density at radius 1 is 1.09 bits per heavy atom. The molecule has 8 heteroatoms. The molecule has 1 aliphatic rings. The average Bonchev–Trinajstić information content (AvgIpc) is 3.02. The summed E-state index contributed by atoms with van der Waals surface area (Å²) >= 11 is 6.38. The summed E-state index contributed by atoms with van der Waals surface area (Å²) in [5, 5.41) is 5.06. The molecule has 1 aliphatic heterocycles. The number of hydrazine groups is 1. The van der Waals surface area contributed by atoms with E-state index >= 15 is 0 Å². The fourth-order valence-corrected chi connectivity index (χ4v) is 5.14. The molecular formula is C25H27ClN4O2S. The minimum absolute atomic E-state index is 0.0707. The van der Waals surface area contributed by atoms with Crippen LogP contribution in [0.15, 0.2) is 77.6 Å². The van der Waals surface area contributed by atoms with Crippen LogP contribution in [0, 0.1) is 0 Å². The number of hydrogen-bond donors (Lipinski definition) is 1.